The van der Waals surface area contributed by atoms with E-state index in [1.54, 1.807) is 7.05 Å². The quantitative estimate of drug-likeness (QED) is 0.512. The number of nitrogens with two attached hydrogens (primary N) is 1. The summed E-state index contributed by atoms with van der Waals surface area (Å²) in [7, 11) is 1.59. The van der Waals surface area contributed by atoms with Crippen molar-refractivity contribution < 1.29 is 9.59 Å². The fraction of sp³-hybridized carbons (Fsp3) is 0.667. The molecule has 15 heavy (non-hydrogen) atoms. The number of rotatable bonds is 4. The van der Waals surface area contributed by atoms with Crippen molar-refractivity contribution in [3.8, 4) is 0 Å². The lowest BCUT2D eigenvalue weighted by atomic mass is 10.2. The van der Waals surface area contributed by atoms with Gasteiger partial charge in [0.25, 0.3) is 0 Å². The van der Waals surface area contributed by atoms with Crippen LogP contribution in [0.2, 0.25) is 0 Å². The van der Waals surface area contributed by atoms with Gasteiger partial charge < -0.3 is 16.0 Å². The topological polar surface area (TPSA) is 75.4 Å². The second-order valence-corrected chi connectivity index (χ2v) is 3.85. The maximum atomic E-state index is 11.5. The van der Waals surface area contributed by atoms with Crippen molar-refractivity contribution in [3.05, 3.63) is 0 Å². The normalized spacial score (nSPS) is 11.7. The van der Waals surface area contributed by atoms with Crippen molar-refractivity contribution >= 4 is 29.0 Å². The summed E-state index contributed by atoms with van der Waals surface area (Å²) >= 11 is 4.58. The first-order valence-electron chi connectivity index (χ1n) is 4.73. The predicted octanol–water partition coefficient (Wildman–Crippen LogP) is -0.354. The number of carbonyl (C=O) groups excluding carboxylic acids is 2. The number of amides is 2. The molecule has 0 aliphatic heterocycles. The first-order valence-corrected chi connectivity index (χ1v) is 5.14. The van der Waals surface area contributed by atoms with Gasteiger partial charge in [-0.25, -0.2) is 0 Å². The molecule has 0 aromatic rings. The second-order valence-electron chi connectivity index (χ2n) is 3.32. The average Bonchev–Trinajstić information content (AvgIpc) is 2.22. The third kappa shape index (κ3) is 4.73. The second kappa shape index (κ2) is 6.34. The Morgan fingerprint density at radius 2 is 2.07 bits per heavy atom. The SMILES string of the molecule is CCC(C)N(C)C(=O)C(=O)NCC(N)=S. The highest BCUT2D eigenvalue weighted by atomic mass is 32.1. The summed E-state index contributed by atoms with van der Waals surface area (Å²) in [4.78, 5) is 24.3. The van der Waals surface area contributed by atoms with Gasteiger partial charge in [-0.15, -0.1) is 0 Å². The fourth-order valence-electron chi connectivity index (χ4n) is 0.877. The highest BCUT2D eigenvalue weighted by Crippen LogP contribution is 2.00. The van der Waals surface area contributed by atoms with Gasteiger partial charge in [0.1, 0.15) is 0 Å². The molecule has 2 amide bonds. The van der Waals surface area contributed by atoms with Crippen LogP contribution in [0.5, 0.6) is 0 Å². The minimum absolute atomic E-state index is 0.0353. The molecule has 0 spiro atoms. The predicted molar refractivity (Wildman–Crippen MR) is 62.3 cm³/mol. The Hall–Kier alpha value is -1.17. The minimum atomic E-state index is -0.675. The Morgan fingerprint density at radius 3 is 2.47 bits per heavy atom. The first-order chi connectivity index (χ1) is 6.90. The molecule has 1 atom stereocenters. The van der Waals surface area contributed by atoms with Gasteiger partial charge in [-0.05, 0) is 13.3 Å². The number of hydrogen-bond donors (Lipinski definition) is 2. The van der Waals surface area contributed by atoms with Crippen LogP contribution >= 0.6 is 12.2 Å². The lowest BCUT2D eigenvalue weighted by molar-refractivity contribution is -0.146. The molecule has 0 aromatic heterocycles. The van der Waals surface area contributed by atoms with E-state index in [1.165, 1.54) is 4.90 Å². The number of likely N-dealkylation sites (N-methyl/N-ethyl adjacent to an activating group) is 1. The molecule has 0 saturated carbocycles. The lowest BCUT2D eigenvalue weighted by Crippen LogP contribution is -2.46. The molecule has 0 aliphatic carbocycles. The Morgan fingerprint density at radius 1 is 1.53 bits per heavy atom. The van der Waals surface area contributed by atoms with Gasteiger partial charge in [-0.1, -0.05) is 19.1 Å². The molecule has 6 heteroatoms. The smallest absolute Gasteiger partial charge is 0.311 e. The zero-order valence-electron chi connectivity index (χ0n) is 9.24. The van der Waals surface area contributed by atoms with Crippen LogP contribution in [-0.2, 0) is 9.59 Å². The van der Waals surface area contributed by atoms with Crippen LogP contribution in [0.15, 0.2) is 0 Å². The van der Waals surface area contributed by atoms with Gasteiger partial charge in [-0.2, -0.15) is 0 Å². The van der Waals surface area contributed by atoms with E-state index >= 15 is 0 Å². The third-order valence-corrected chi connectivity index (χ3v) is 2.33. The van der Waals surface area contributed by atoms with E-state index in [-0.39, 0.29) is 17.6 Å². The molecule has 0 aromatic carbocycles. The summed E-state index contributed by atoms with van der Waals surface area (Å²) in [6, 6.07) is 0.0353. The summed E-state index contributed by atoms with van der Waals surface area (Å²) in [5.41, 5.74) is 5.19. The number of hydrogen-bond acceptors (Lipinski definition) is 3. The van der Waals surface area contributed by atoms with E-state index in [9.17, 15) is 9.59 Å². The van der Waals surface area contributed by atoms with Gasteiger partial charge >= 0.3 is 11.8 Å². The molecular formula is C9H17N3O2S. The Kier molecular flexibility index (Phi) is 5.84. The van der Waals surface area contributed by atoms with Crippen LogP contribution in [0.3, 0.4) is 0 Å². The maximum Gasteiger partial charge on any atom is 0.311 e. The van der Waals surface area contributed by atoms with Crippen LogP contribution in [0, 0.1) is 0 Å². The zero-order valence-corrected chi connectivity index (χ0v) is 10.1. The molecular weight excluding hydrogens is 214 g/mol. The summed E-state index contributed by atoms with van der Waals surface area (Å²) in [5.74, 6) is -1.24. The molecule has 0 rings (SSSR count). The van der Waals surface area contributed by atoms with Gasteiger partial charge in [0.2, 0.25) is 0 Å². The van der Waals surface area contributed by atoms with Gasteiger partial charge in [0.05, 0.1) is 11.5 Å². The Labute approximate surface area is 95.0 Å². The highest BCUT2D eigenvalue weighted by Gasteiger charge is 2.21. The van der Waals surface area contributed by atoms with E-state index in [4.69, 9.17) is 5.73 Å². The molecule has 3 N–H and O–H groups in total. The van der Waals surface area contributed by atoms with Crippen molar-refractivity contribution in [2.24, 2.45) is 5.73 Å². The molecule has 86 valence electrons. The van der Waals surface area contributed by atoms with Crippen molar-refractivity contribution in [1.82, 2.24) is 10.2 Å². The van der Waals surface area contributed by atoms with E-state index in [0.717, 1.165) is 6.42 Å². The number of nitrogens with zero attached hydrogens (tertiary/aromatic N) is 1. The molecule has 0 heterocycles. The average molecular weight is 231 g/mol. The van der Waals surface area contributed by atoms with Crippen LogP contribution in [0.4, 0.5) is 0 Å². The summed E-state index contributed by atoms with van der Waals surface area (Å²) < 4.78 is 0. The number of thiocarbonyl (C=S) groups is 1. The molecule has 0 bridgehead atoms. The van der Waals surface area contributed by atoms with Crippen molar-refractivity contribution in [2.75, 3.05) is 13.6 Å². The molecule has 1 unspecified atom stereocenters. The lowest BCUT2D eigenvalue weighted by Gasteiger charge is -2.22. The van der Waals surface area contributed by atoms with Crippen LogP contribution in [0.25, 0.3) is 0 Å². The summed E-state index contributed by atoms with van der Waals surface area (Å²) in [6.45, 7) is 3.87. The maximum absolute atomic E-state index is 11.5. The molecule has 0 fully saturated rings. The van der Waals surface area contributed by atoms with Gasteiger partial charge in [0.15, 0.2) is 0 Å². The Bertz CT molecular complexity index is 268. The number of nitrogens with one attached hydrogen (secondary N) is 1. The molecule has 5 nitrogen and oxygen atoms in total. The van der Waals surface area contributed by atoms with Gasteiger partial charge in [0, 0.05) is 13.1 Å². The zero-order chi connectivity index (χ0) is 12.0. The standard InChI is InChI=1S/C9H17N3O2S/c1-4-6(2)12(3)9(14)8(13)11-5-7(10)15/h6H,4-5H2,1-3H3,(H2,10,15)(H,11,13). The van der Waals surface area contributed by atoms with E-state index in [0.29, 0.717) is 0 Å². The summed E-state index contributed by atoms with van der Waals surface area (Å²) in [5, 5.41) is 2.35. The van der Waals surface area contributed by atoms with Crippen molar-refractivity contribution in [1.29, 1.82) is 0 Å². The minimum Gasteiger partial charge on any atom is -0.392 e. The molecule has 0 saturated heterocycles. The molecule has 0 aliphatic rings. The number of carbonyl (C=O) groups is 2. The van der Waals surface area contributed by atoms with Crippen molar-refractivity contribution in [2.45, 2.75) is 26.3 Å². The van der Waals surface area contributed by atoms with E-state index in [1.807, 2.05) is 13.8 Å². The molecule has 0 radical (unpaired) electrons. The van der Waals surface area contributed by atoms with Gasteiger partial charge in [-0.3, -0.25) is 9.59 Å². The Balaban J connectivity index is 4.20. The first kappa shape index (κ1) is 13.8. The van der Waals surface area contributed by atoms with Crippen LogP contribution < -0.4 is 11.1 Å². The van der Waals surface area contributed by atoms with Crippen LogP contribution in [-0.4, -0.2) is 41.3 Å². The highest BCUT2D eigenvalue weighted by molar-refractivity contribution is 7.80. The monoisotopic (exact) mass is 231 g/mol. The van der Waals surface area contributed by atoms with Crippen molar-refractivity contribution in [3.63, 3.8) is 0 Å². The van der Waals surface area contributed by atoms with E-state index < -0.39 is 11.8 Å². The largest absolute Gasteiger partial charge is 0.392 e. The third-order valence-electron chi connectivity index (χ3n) is 2.19. The summed E-state index contributed by atoms with van der Waals surface area (Å²) in [6.07, 6.45) is 0.796. The van der Waals surface area contributed by atoms with E-state index in [2.05, 4.69) is 17.5 Å². The fourth-order valence-corrected chi connectivity index (χ4v) is 0.949. The van der Waals surface area contributed by atoms with Crippen LogP contribution in [0.1, 0.15) is 20.3 Å².